The Kier molecular flexibility index (Phi) is 4.91. The van der Waals surface area contributed by atoms with Gasteiger partial charge in [-0.25, -0.2) is 9.69 Å². The van der Waals surface area contributed by atoms with Crippen LogP contribution in [0.5, 0.6) is 5.75 Å². The SMILES string of the molecule is CCCC(=O)N[C@]1(C(F)(F)F)NC(=O)N(c2cccc(OC)c2)C1=O. The van der Waals surface area contributed by atoms with E-state index >= 15 is 0 Å². The normalized spacial score (nSPS) is 20.4. The summed E-state index contributed by atoms with van der Waals surface area (Å²) in [5.74, 6) is -2.39. The minimum Gasteiger partial charge on any atom is -0.497 e. The maximum Gasteiger partial charge on any atom is 0.440 e. The lowest BCUT2D eigenvalue weighted by molar-refractivity contribution is -0.201. The van der Waals surface area contributed by atoms with E-state index in [0.29, 0.717) is 4.90 Å². The van der Waals surface area contributed by atoms with Crippen molar-refractivity contribution in [1.29, 1.82) is 0 Å². The van der Waals surface area contributed by atoms with Crippen molar-refractivity contribution < 1.29 is 32.3 Å². The Labute approximate surface area is 141 Å². The lowest BCUT2D eigenvalue weighted by Crippen LogP contribution is -2.69. The Bertz CT molecular complexity index is 708. The summed E-state index contributed by atoms with van der Waals surface area (Å²) in [7, 11) is 1.33. The summed E-state index contributed by atoms with van der Waals surface area (Å²) in [4.78, 5) is 36.6. The van der Waals surface area contributed by atoms with Gasteiger partial charge in [0.05, 0.1) is 12.8 Å². The average molecular weight is 359 g/mol. The molecule has 0 aromatic heterocycles. The van der Waals surface area contributed by atoms with Gasteiger partial charge in [-0.05, 0) is 18.6 Å². The minimum absolute atomic E-state index is 0.113. The molecule has 1 aromatic carbocycles. The number of carbonyl (C=O) groups is 3. The zero-order valence-corrected chi connectivity index (χ0v) is 13.4. The first-order valence-corrected chi connectivity index (χ1v) is 7.34. The van der Waals surface area contributed by atoms with Crippen LogP contribution in [0.3, 0.4) is 0 Å². The van der Waals surface area contributed by atoms with Gasteiger partial charge in [-0.1, -0.05) is 13.0 Å². The van der Waals surface area contributed by atoms with Gasteiger partial charge >= 0.3 is 12.2 Å². The number of urea groups is 1. The summed E-state index contributed by atoms with van der Waals surface area (Å²) < 4.78 is 45.7. The third kappa shape index (κ3) is 3.24. The van der Waals surface area contributed by atoms with Gasteiger partial charge in [-0.2, -0.15) is 13.2 Å². The van der Waals surface area contributed by atoms with E-state index in [1.54, 1.807) is 17.6 Å². The number of ether oxygens (including phenoxy) is 1. The van der Waals surface area contributed by atoms with Gasteiger partial charge < -0.3 is 10.1 Å². The van der Waals surface area contributed by atoms with Crippen molar-refractivity contribution in [2.75, 3.05) is 12.0 Å². The zero-order valence-electron chi connectivity index (χ0n) is 13.4. The molecule has 10 heteroatoms. The predicted molar refractivity (Wildman–Crippen MR) is 80.8 cm³/mol. The molecule has 1 fully saturated rings. The van der Waals surface area contributed by atoms with Crippen LogP contribution < -0.4 is 20.3 Å². The van der Waals surface area contributed by atoms with E-state index in [4.69, 9.17) is 4.74 Å². The highest BCUT2D eigenvalue weighted by Gasteiger charge is 2.69. The summed E-state index contributed by atoms with van der Waals surface area (Å²) in [5.41, 5.74) is -3.61. The molecule has 1 aromatic rings. The topological polar surface area (TPSA) is 87.7 Å². The van der Waals surface area contributed by atoms with Crippen LogP contribution in [-0.2, 0) is 9.59 Å². The van der Waals surface area contributed by atoms with Gasteiger partial charge in [0.2, 0.25) is 5.91 Å². The quantitative estimate of drug-likeness (QED) is 0.787. The third-order valence-corrected chi connectivity index (χ3v) is 3.56. The number of methoxy groups -OCH3 is 1. The van der Waals surface area contributed by atoms with Crippen LogP contribution in [0.15, 0.2) is 24.3 Å². The monoisotopic (exact) mass is 359 g/mol. The third-order valence-electron chi connectivity index (χ3n) is 3.56. The predicted octanol–water partition coefficient (Wildman–Crippen LogP) is 1.93. The van der Waals surface area contributed by atoms with Gasteiger partial charge in [0.25, 0.3) is 11.6 Å². The highest BCUT2D eigenvalue weighted by molar-refractivity contribution is 6.24. The lowest BCUT2D eigenvalue weighted by Gasteiger charge is -2.29. The molecule has 0 spiro atoms. The van der Waals surface area contributed by atoms with Crippen molar-refractivity contribution in [2.45, 2.75) is 31.6 Å². The molecule has 0 unspecified atom stereocenters. The summed E-state index contributed by atoms with van der Waals surface area (Å²) >= 11 is 0. The van der Waals surface area contributed by atoms with E-state index in [9.17, 15) is 27.6 Å². The van der Waals surface area contributed by atoms with Crippen molar-refractivity contribution in [3.8, 4) is 5.75 Å². The molecule has 4 amide bonds. The first-order chi connectivity index (χ1) is 11.7. The number of hydrogen-bond acceptors (Lipinski definition) is 4. The van der Waals surface area contributed by atoms with Crippen molar-refractivity contribution in [2.24, 2.45) is 0 Å². The molecule has 7 nitrogen and oxygen atoms in total. The van der Waals surface area contributed by atoms with Gasteiger partial charge in [-0.3, -0.25) is 14.9 Å². The second-order valence-corrected chi connectivity index (χ2v) is 5.32. The highest BCUT2D eigenvalue weighted by Crippen LogP contribution is 2.36. The van der Waals surface area contributed by atoms with Gasteiger partial charge in [0.15, 0.2) is 0 Å². The molecule has 1 heterocycles. The fourth-order valence-corrected chi connectivity index (χ4v) is 2.36. The number of amides is 4. The molecule has 1 atom stereocenters. The van der Waals surface area contributed by atoms with E-state index in [1.165, 1.54) is 31.4 Å². The fourth-order valence-electron chi connectivity index (χ4n) is 2.36. The van der Waals surface area contributed by atoms with Crippen LogP contribution >= 0.6 is 0 Å². The molecule has 1 aliphatic rings. The van der Waals surface area contributed by atoms with Crippen molar-refractivity contribution in [3.63, 3.8) is 0 Å². The number of nitrogens with zero attached hydrogens (tertiary/aromatic N) is 1. The van der Waals surface area contributed by atoms with Crippen molar-refractivity contribution in [1.82, 2.24) is 10.6 Å². The smallest absolute Gasteiger partial charge is 0.440 e. The number of anilines is 1. The van der Waals surface area contributed by atoms with E-state index in [0.717, 1.165) is 0 Å². The number of halogens is 3. The summed E-state index contributed by atoms with van der Waals surface area (Å²) in [6, 6.07) is 4.13. The maximum absolute atomic E-state index is 13.6. The molecule has 0 bridgehead atoms. The van der Waals surface area contributed by atoms with E-state index in [1.807, 2.05) is 0 Å². The first-order valence-electron chi connectivity index (χ1n) is 7.34. The highest BCUT2D eigenvalue weighted by atomic mass is 19.4. The van der Waals surface area contributed by atoms with Gasteiger partial charge in [-0.15, -0.1) is 0 Å². The van der Waals surface area contributed by atoms with Crippen LogP contribution in [0.2, 0.25) is 0 Å². The molecule has 1 aliphatic heterocycles. The molecule has 136 valence electrons. The van der Waals surface area contributed by atoms with E-state index in [2.05, 4.69) is 0 Å². The Morgan fingerprint density at radius 2 is 2.04 bits per heavy atom. The number of imide groups is 1. The van der Waals surface area contributed by atoms with Crippen molar-refractivity contribution in [3.05, 3.63) is 24.3 Å². The summed E-state index contributed by atoms with van der Waals surface area (Å²) in [6.07, 6.45) is -5.17. The number of alkyl halides is 3. The lowest BCUT2D eigenvalue weighted by atomic mass is 10.1. The average Bonchev–Trinajstić information content (AvgIpc) is 2.78. The second-order valence-electron chi connectivity index (χ2n) is 5.32. The molecule has 1 saturated heterocycles. The molecule has 2 N–H and O–H groups in total. The summed E-state index contributed by atoms with van der Waals surface area (Å²) in [5, 5.41) is 3.20. The van der Waals surface area contributed by atoms with Crippen LogP contribution in [0.4, 0.5) is 23.7 Å². The minimum atomic E-state index is -5.23. The van der Waals surface area contributed by atoms with Gasteiger partial charge in [0, 0.05) is 12.5 Å². The zero-order chi connectivity index (χ0) is 18.8. The van der Waals surface area contributed by atoms with Crippen LogP contribution in [0, 0.1) is 0 Å². The largest absolute Gasteiger partial charge is 0.497 e. The molecule has 2 rings (SSSR count). The van der Waals surface area contributed by atoms with E-state index in [-0.39, 0.29) is 24.3 Å². The molecule has 0 aliphatic carbocycles. The molecular weight excluding hydrogens is 343 g/mol. The number of carbonyl (C=O) groups excluding carboxylic acids is 3. The number of rotatable bonds is 5. The van der Waals surface area contributed by atoms with Crippen LogP contribution in [0.1, 0.15) is 19.8 Å². The number of benzene rings is 1. The summed E-state index contributed by atoms with van der Waals surface area (Å²) in [6.45, 7) is 1.59. The molecular formula is C15H16F3N3O4. The standard InChI is InChI=1S/C15H16F3N3O4/c1-3-5-11(22)19-14(15(16,17)18)12(23)21(13(24)20-14)9-6-4-7-10(8-9)25-2/h4,6-8H,3,5H2,1-2H3,(H,19,22)(H,20,24)/t14-/m0/s1. The fraction of sp³-hybridized carbons (Fsp3) is 0.400. The van der Waals surface area contributed by atoms with Gasteiger partial charge in [0.1, 0.15) is 5.75 Å². The second kappa shape index (κ2) is 6.61. The Morgan fingerprint density at radius 1 is 1.36 bits per heavy atom. The van der Waals surface area contributed by atoms with E-state index < -0.39 is 29.7 Å². The number of nitrogens with one attached hydrogen (secondary N) is 2. The molecule has 25 heavy (non-hydrogen) atoms. The maximum atomic E-state index is 13.6. The first kappa shape index (κ1) is 18.6. The van der Waals surface area contributed by atoms with Crippen molar-refractivity contribution >= 4 is 23.5 Å². The number of hydrogen-bond donors (Lipinski definition) is 2. The van der Waals surface area contributed by atoms with Crippen LogP contribution in [0.25, 0.3) is 0 Å². The Balaban J connectivity index is 2.45. The Morgan fingerprint density at radius 3 is 2.60 bits per heavy atom. The molecule has 0 saturated carbocycles. The Hall–Kier alpha value is -2.78. The molecule has 0 radical (unpaired) electrons. The van der Waals surface area contributed by atoms with Crippen LogP contribution in [-0.4, -0.2) is 36.8 Å².